The van der Waals surface area contributed by atoms with Crippen molar-refractivity contribution in [3.63, 3.8) is 0 Å². The van der Waals surface area contributed by atoms with Crippen molar-refractivity contribution in [3.8, 4) is 0 Å². The zero-order valence-electron chi connectivity index (χ0n) is 10.5. The number of carboxylic acids is 1. The Balaban J connectivity index is 2.35. The summed E-state index contributed by atoms with van der Waals surface area (Å²) in [5, 5.41) is 8.78. The van der Waals surface area contributed by atoms with Crippen molar-refractivity contribution in [1.82, 2.24) is 4.90 Å². The Morgan fingerprint density at radius 3 is 2.47 bits per heavy atom. The van der Waals surface area contributed by atoms with E-state index in [2.05, 4.69) is 0 Å². The van der Waals surface area contributed by atoms with Crippen LogP contribution in [0.1, 0.15) is 24.7 Å². The number of hydrogen-bond donors (Lipinski definition) is 1. The van der Waals surface area contributed by atoms with Gasteiger partial charge in [-0.3, -0.25) is 9.69 Å². The first-order valence-electron chi connectivity index (χ1n) is 5.68. The number of carboxylic acid groups (broad SMARTS) is 1. The first kappa shape index (κ1) is 14.0. The molecule has 1 aromatic carbocycles. The lowest BCUT2D eigenvalue weighted by Gasteiger charge is -2.30. The number of rotatable bonds is 3. The Kier molecular flexibility index (Phi) is 3.64. The van der Waals surface area contributed by atoms with Crippen LogP contribution in [-0.4, -0.2) is 31.7 Å². The minimum atomic E-state index is -1.33. The molecule has 0 bridgehead atoms. The number of aliphatic carboxylic acids is 1. The van der Waals surface area contributed by atoms with Crippen molar-refractivity contribution < 1.29 is 14.7 Å². The summed E-state index contributed by atoms with van der Waals surface area (Å²) < 4.78 is 0.311. The molecule has 1 unspecified atom stereocenters. The minimum absolute atomic E-state index is 0.270. The Labute approximate surface area is 120 Å². The van der Waals surface area contributed by atoms with E-state index in [0.717, 1.165) is 5.56 Å². The fourth-order valence-corrected chi connectivity index (χ4v) is 3.58. The third kappa shape index (κ3) is 2.37. The summed E-state index contributed by atoms with van der Waals surface area (Å²) in [5.74, 6) is -1.34. The van der Waals surface area contributed by atoms with E-state index in [4.69, 9.17) is 12.2 Å². The maximum Gasteiger partial charge on any atom is 0.329 e. The lowest BCUT2D eigenvalue weighted by Crippen LogP contribution is -2.52. The topological polar surface area (TPSA) is 57.6 Å². The van der Waals surface area contributed by atoms with Gasteiger partial charge in [0.05, 0.1) is 0 Å². The van der Waals surface area contributed by atoms with Crippen LogP contribution < -0.4 is 0 Å². The van der Waals surface area contributed by atoms with Crippen LogP contribution in [0.2, 0.25) is 0 Å². The zero-order chi connectivity index (χ0) is 14.2. The SMILES string of the molecule is CC(C)(C(=O)O)N1C(=O)C(c2ccccc2)SC1=S. The van der Waals surface area contributed by atoms with Gasteiger partial charge in [0.2, 0.25) is 5.91 Å². The van der Waals surface area contributed by atoms with Crippen molar-refractivity contribution >= 4 is 40.2 Å². The molecule has 0 aromatic heterocycles. The first-order valence-corrected chi connectivity index (χ1v) is 6.97. The zero-order valence-corrected chi connectivity index (χ0v) is 12.1. The second kappa shape index (κ2) is 4.94. The second-order valence-electron chi connectivity index (χ2n) is 4.71. The molecule has 1 atom stereocenters. The Morgan fingerprint density at radius 1 is 1.37 bits per heavy atom. The van der Waals surface area contributed by atoms with Gasteiger partial charge in [0, 0.05) is 0 Å². The number of hydrogen-bond acceptors (Lipinski definition) is 4. The monoisotopic (exact) mass is 295 g/mol. The maximum absolute atomic E-state index is 12.4. The number of thioether (sulfide) groups is 1. The van der Waals surface area contributed by atoms with E-state index in [-0.39, 0.29) is 5.91 Å². The highest BCUT2D eigenvalue weighted by atomic mass is 32.2. The summed E-state index contributed by atoms with van der Waals surface area (Å²) >= 11 is 6.39. The average molecular weight is 295 g/mol. The lowest BCUT2D eigenvalue weighted by atomic mass is 10.0. The van der Waals surface area contributed by atoms with Crippen LogP contribution in [-0.2, 0) is 9.59 Å². The highest BCUT2D eigenvalue weighted by Gasteiger charge is 2.48. The number of benzene rings is 1. The first-order chi connectivity index (χ1) is 8.85. The molecular formula is C13H13NO3S2. The van der Waals surface area contributed by atoms with Gasteiger partial charge in [0.1, 0.15) is 15.1 Å². The molecule has 1 amide bonds. The fourth-order valence-electron chi connectivity index (χ4n) is 1.85. The van der Waals surface area contributed by atoms with Gasteiger partial charge in [0.15, 0.2) is 0 Å². The van der Waals surface area contributed by atoms with Crippen LogP contribution in [0.5, 0.6) is 0 Å². The Morgan fingerprint density at radius 2 is 1.95 bits per heavy atom. The van der Waals surface area contributed by atoms with E-state index in [1.807, 2.05) is 30.3 Å². The molecule has 0 spiro atoms. The summed E-state index contributed by atoms with van der Waals surface area (Å²) in [6.07, 6.45) is 0. The summed E-state index contributed by atoms with van der Waals surface area (Å²) in [7, 11) is 0. The van der Waals surface area contributed by atoms with Gasteiger partial charge in [-0.2, -0.15) is 0 Å². The Hall–Kier alpha value is -1.40. The van der Waals surface area contributed by atoms with E-state index in [9.17, 15) is 14.7 Å². The van der Waals surface area contributed by atoms with Gasteiger partial charge in [-0.25, -0.2) is 4.79 Å². The van der Waals surface area contributed by atoms with E-state index in [1.165, 1.54) is 30.5 Å². The van der Waals surface area contributed by atoms with Crippen LogP contribution in [0.4, 0.5) is 0 Å². The summed E-state index contributed by atoms with van der Waals surface area (Å²) in [6, 6.07) is 9.24. The molecule has 1 saturated heterocycles. The molecule has 19 heavy (non-hydrogen) atoms. The number of nitrogens with zero attached hydrogens (tertiary/aromatic N) is 1. The molecule has 1 aliphatic rings. The highest BCUT2D eigenvalue weighted by Crippen LogP contribution is 2.42. The van der Waals surface area contributed by atoms with Gasteiger partial charge in [0.25, 0.3) is 0 Å². The number of thiocarbonyl (C=S) groups is 1. The van der Waals surface area contributed by atoms with Crippen molar-refractivity contribution in [1.29, 1.82) is 0 Å². The molecule has 1 aromatic rings. The van der Waals surface area contributed by atoms with Gasteiger partial charge in [-0.15, -0.1) is 0 Å². The van der Waals surface area contributed by atoms with Crippen LogP contribution in [0.3, 0.4) is 0 Å². The second-order valence-corrected chi connectivity index (χ2v) is 6.45. The summed E-state index contributed by atoms with van der Waals surface area (Å²) in [4.78, 5) is 24.9. The van der Waals surface area contributed by atoms with Gasteiger partial charge in [-0.1, -0.05) is 54.3 Å². The molecule has 0 radical (unpaired) electrons. The highest BCUT2D eigenvalue weighted by molar-refractivity contribution is 8.24. The molecule has 100 valence electrons. The molecular weight excluding hydrogens is 282 g/mol. The molecule has 6 heteroatoms. The van der Waals surface area contributed by atoms with Crippen LogP contribution in [0.25, 0.3) is 0 Å². The normalized spacial score (nSPS) is 19.9. The predicted molar refractivity (Wildman–Crippen MR) is 77.9 cm³/mol. The standard InChI is InChI=1S/C13H13NO3S2/c1-13(2,11(16)17)14-10(15)9(19-12(14)18)8-6-4-3-5-7-8/h3-7,9H,1-2H3,(H,16,17). The minimum Gasteiger partial charge on any atom is -0.480 e. The number of amides is 1. The average Bonchev–Trinajstić information content (AvgIpc) is 2.66. The third-order valence-electron chi connectivity index (χ3n) is 3.03. The number of carbonyl (C=O) groups is 2. The quantitative estimate of drug-likeness (QED) is 0.868. The number of carbonyl (C=O) groups excluding carboxylic acids is 1. The van der Waals surface area contributed by atoms with Crippen molar-refractivity contribution in [2.75, 3.05) is 0 Å². The smallest absolute Gasteiger partial charge is 0.329 e. The van der Waals surface area contributed by atoms with Gasteiger partial charge < -0.3 is 5.11 Å². The molecule has 0 saturated carbocycles. The van der Waals surface area contributed by atoms with E-state index in [0.29, 0.717) is 4.32 Å². The lowest BCUT2D eigenvalue weighted by molar-refractivity contribution is -0.151. The van der Waals surface area contributed by atoms with Crippen LogP contribution >= 0.6 is 24.0 Å². The molecule has 1 N–H and O–H groups in total. The molecule has 4 nitrogen and oxygen atoms in total. The Bertz CT molecular complexity index is 542. The van der Waals surface area contributed by atoms with Gasteiger partial charge in [-0.05, 0) is 19.4 Å². The summed E-state index contributed by atoms with van der Waals surface area (Å²) in [6.45, 7) is 2.96. The van der Waals surface area contributed by atoms with Gasteiger partial charge >= 0.3 is 5.97 Å². The maximum atomic E-state index is 12.4. The van der Waals surface area contributed by atoms with Crippen LogP contribution in [0.15, 0.2) is 30.3 Å². The van der Waals surface area contributed by atoms with Crippen molar-refractivity contribution in [2.24, 2.45) is 0 Å². The molecule has 2 rings (SSSR count). The van der Waals surface area contributed by atoms with Crippen LogP contribution in [0, 0.1) is 0 Å². The fraction of sp³-hybridized carbons (Fsp3) is 0.308. The van der Waals surface area contributed by atoms with E-state index in [1.54, 1.807) is 0 Å². The van der Waals surface area contributed by atoms with Crippen molar-refractivity contribution in [2.45, 2.75) is 24.6 Å². The third-order valence-corrected chi connectivity index (χ3v) is 4.60. The molecule has 1 heterocycles. The largest absolute Gasteiger partial charge is 0.480 e. The van der Waals surface area contributed by atoms with E-state index >= 15 is 0 Å². The van der Waals surface area contributed by atoms with Crippen molar-refractivity contribution in [3.05, 3.63) is 35.9 Å². The molecule has 1 aliphatic heterocycles. The summed E-state index contributed by atoms with van der Waals surface area (Å²) in [5.41, 5.74) is -0.492. The molecule has 1 fully saturated rings. The molecule has 0 aliphatic carbocycles. The predicted octanol–water partition coefficient (Wildman–Crippen LogP) is 2.45. The van der Waals surface area contributed by atoms with E-state index < -0.39 is 16.8 Å².